The maximum atomic E-state index is 11.5. The first-order valence-electron chi connectivity index (χ1n) is 5.06. The van der Waals surface area contributed by atoms with Crippen molar-refractivity contribution in [2.45, 2.75) is 18.6 Å². The first-order valence-corrected chi connectivity index (χ1v) is 6.70. The van der Waals surface area contributed by atoms with Crippen LogP contribution in [0, 0.1) is 0 Å². The Morgan fingerprint density at radius 1 is 1.71 bits per heavy atom. The molecule has 1 aliphatic heterocycles. The second-order valence-electron chi connectivity index (χ2n) is 3.37. The van der Waals surface area contributed by atoms with Crippen molar-refractivity contribution in [2.75, 3.05) is 6.61 Å². The lowest BCUT2D eigenvalue weighted by Gasteiger charge is -2.06. The molecule has 4 nitrogen and oxygen atoms in total. The largest absolute Gasteiger partial charge is 0.461 e. The average Bonchev–Trinajstić information content (AvgIpc) is 2.85. The van der Waals surface area contributed by atoms with Crippen molar-refractivity contribution in [3.05, 3.63) is 26.9 Å². The third-order valence-corrected chi connectivity index (χ3v) is 4.18. The van der Waals surface area contributed by atoms with Gasteiger partial charge >= 0.3 is 5.97 Å². The molecule has 1 aromatic heterocycles. The van der Waals surface area contributed by atoms with Crippen LogP contribution in [0.25, 0.3) is 0 Å². The molecule has 0 bridgehead atoms. The molecule has 0 spiro atoms. The molecule has 0 aromatic carbocycles. The van der Waals surface area contributed by atoms with Gasteiger partial charge in [0.2, 0.25) is 0 Å². The second kappa shape index (κ2) is 5.33. The second-order valence-corrected chi connectivity index (χ2v) is 5.62. The predicted molar refractivity (Wildman–Crippen MR) is 68.4 cm³/mol. The summed E-state index contributed by atoms with van der Waals surface area (Å²) in [5.74, 6) is -0.512. The van der Waals surface area contributed by atoms with E-state index in [1.165, 1.54) is 11.8 Å². The van der Waals surface area contributed by atoms with Gasteiger partial charge in [0.05, 0.1) is 26.9 Å². The molecule has 1 unspecified atom stereocenters. The van der Waals surface area contributed by atoms with Gasteiger partial charge in [-0.05, 0) is 13.3 Å². The van der Waals surface area contributed by atoms with E-state index in [9.17, 15) is 4.79 Å². The topological polar surface area (TPSA) is 55.0 Å². The van der Waals surface area contributed by atoms with Gasteiger partial charge in [0, 0.05) is 0 Å². The molecule has 0 radical (unpaired) electrons. The number of hydrogen-bond donors (Lipinski definition) is 1. The number of aromatic amines is 1. The molecule has 1 atom stereocenters. The molecule has 7 heteroatoms. The molecule has 0 fully saturated rings. The molecule has 0 amide bonds. The number of hydrogen-bond acceptors (Lipinski definition) is 4. The zero-order valence-corrected chi connectivity index (χ0v) is 11.3. The summed E-state index contributed by atoms with van der Waals surface area (Å²) in [6.45, 7) is 2.03. The van der Waals surface area contributed by atoms with Crippen molar-refractivity contribution in [1.82, 2.24) is 10.2 Å². The van der Waals surface area contributed by atoms with Crippen molar-refractivity contribution in [2.24, 2.45) is 0 Å². The maximum absolute atomic E-state index is 11.5. The highest BCUT2D eigenvalue weighted by atomic mass is 35.5. The van der Waals surface area contributed by atoms with Crippen LogP contribution in [-0.4, -0.2) is 22.8 Å². The molecule has 0 saturated carbocycles. The summed E-state index contributed by atoms with van der Waals surface area (Å²) in [6.07, 6.45) is 2.69. The Kier molecular flexibility index (Phi) is 4.01. The molecule has 2 heterocycles. The Balaban J connectivity index is 2.18. The van der Waals surface area contributed by atoms with E-state index < -0.39 is 5.97 Å². The fraction of sp³-hybridized carbons (Fsp3) is 0.400. The highest BCUT2D eigenvalue weighted by Crippen LogP contribution is 2.46. The average molecular weight is 293 g/mol. The quantitative estimate of drug-likeness (QED) is 0.867. The molecular weight excluding hydrogens is 283 g/mol. The van der Waals surface area contributed by atoms with Gasteiger partial charge in [-0.1, -0.05) is 29.3 Å². The number of nitrogens with one attached hydrogen (secondary N) is 1. The minimum atomic E-state index is -0.512. The van der Waals surface area contributed by atoms with Gasteiger partial charge in [0.1, 0.15) is 0 Å². The lowest BCUT2D eigenvalue weighted by molar-refractivity contribution is 0.0519. The Morgan fingerprint density at radius 2 is 2.47 bits per heavy atom. The van der Waals surface area contributed by atoms with E-state index in [0.717, 1.165) is 10.8 Å². The molecule has 17 heavy (non-hydrogen) atoms. The molecule has 1 aromatic rings. The Bertz CT molecular complexity index is 473. The number of aromatic nitrogens is 2. The van der Waals surface area contributed by atoms with Crippen LogP contribution in [0.3, 0.4) is 0 Å². The summed E-state index contributed by atoms with van der Waals surface area (Å²) in [4.78, 5) is 11.5. The highest BCUT2D eigenvalue weighted by molar-refractivity contribution is 8.05. The Labute approximate surface area is 113 Å². The smallest absolute Gasteiger partial charge is 0.360 e. The highest BCUT2D eigenvalue weighted by Gasteiger charge is 2.27. The van der Waals surface area contributed by atoms with Gasteiger partial charge in [0.25, 0.3) is 0 Å². The summed E-state index contributed by atoms with van der Waals surface area (Å²) in [5, 5.41) is 7.08. The van der Waals surface area contributed by atoms with Crippen LogP contribution >= 0.6 is 35.0 Å². The van der Waals surface area contributed by atoms with Gasteiger partial charge in [-0.3, -0.25) is 5.10 Å². The van der Waals surface area contributed by atoms with Crippen LogP contribution in [0.2, 0.25) is 5.02 Å². The summed E-state index contributed by atoms with van der Waals surface area (Å²) < 4.78 is 5.59. The zero-order valence-electron chi connectivity index (χ0n) is 9.00. The van der Waals surface area contributed by atoms with E-state index in [4.69, 9.17) is 27.9 Å². The minimum absolute atomic E-state index is 0.0886. The van der Waals surface area contributed by atoms with Crippen molar-refractivity contribution in [1.29, 1.82) is 0 Å². The zero-order chi connectivity index (χ0) is 12.4. The molecule has 2 rings (SSSR count). The summed E-state index contributed by atoms with van der Waals surface area (Å²) in [7, 11) is 0. The van der Waals surface area contributed by atoms with Crippen molar-refractivity contribution >= 4 is 40.9 Å². The monoisotopic (exact) mass is 292 g/mol. The van der Waals surface area contributed by atoms with Crippen LogP contribution in [0.15, 0.2) is 10.4 Å². The van der Waals surface area contributed by atoms with Gasteiger partial charge in [-0.25, -0.2) is 4.79 Å². The number of halogens is 2. The lowest BCUT2D eigenvalue weighted by Crippen LogP contribution is -2.05. The van der Waals surface area contributed by atoms with Crippen molar-refractivity contribution < 1.29 is 9.53 Å². The van der Waals surface area contributed by atoms with Gasteiger partial charge in [-0.2, -0.15) is 5.10 Å². The predicted octanol–water partition coefficient (Wildman–Crippen LogP) is 3.50. The molecule has 0 saturated heterocycles. The standard InChI is InChI=1S/C10H10Cl2N2O2S/c1-2-16-10(15)9-7(12)8(13-14-9)5-3-4-6(11)17-5/h4-5H,2-3H2,1H3,(H,13,14). The molecular formula is C10H10Cl2N2O2S. The van der Waals surface area contributed by atoms with Gasteiger partial charge in [-0.15, -0.1) is 11.8 Å². The van der Waals surface area contributed by atoms with Crippen LogP contribution in [0.4, 0.5) is 0 Å². The number of rotatable bonds is 3. The van der Waals surface area contributed by atoms with Crippen LogP contribution in [-0.2, 0) is 4.74 Å². The number of ether oxygens (including phenoxy) is 1. The normalized spacial score (nSPS) is 19.2. The summed E-state index contributed by atoms with van der Waals surface area (Å²) in [6, 6.07) is 0. The number of carbonyl (C=O) groups is 1. The summed E-state index contributed by atoms with van der Waals surface area (Å²) in [5.41, 5.74) is 0.846. The lowest BCUT2D eigenvalue weighted by atomic mass is 10.2. The third kappa shape index (κ3) is 2.61. The molecule has 92 valence electrons. The van der Waals surface area contributed by atoms with E-state index in [-0.39, 0.29) is 10.9 Å². The third-order valence-electron chi connectivity index (χ3n) is 2.27. The Hall–Kier alpha value is -0.650. The Morgan fingerprint density at radius 3 is 3.06 bits per heavy atom. The van der Waals surface area contributed by atoms with E-state index >= 15 is 0 Å². The number of nitrogens with zero attached hydrogens (tertiary/aromatic N) is 1. The maximum Gasteiger partial charge on any atom is 0.360 e. The fourth-order valence-corrected chi connectivity index (χ4v) is 3.21. The first kappa shape index (κ1) is 12.8. The molecule has 1 N–H and O–H groups in total. The van der Waals surface area contributed by atoms with E-state index in [1.807, 2.05) is 6.08 Å². The SMILES string of the molecule is CCOC(=O)c1n[nH]c(C2CC=C(Cl)S2)c1Cl. The number of thioether (sulfide) groups is 1. The van der Waals surface area contributed by atoms with Crippen LogP contribution in [0.1, 0.15) is 34.8 Å². The molecule has 0 aliphatic carbocycles. The van der Waals surface area contributed by atoms with Crippen molar-refractivity contribution in [3.63, 3.8) is 0 Å². The van der Waals surface area contributed by atoms with E-state index in [0.29, 0.717) is 17.3 Å². The van der Waals surface area contributed by atoms with Crippen LogP contribution < -0.4 is 0 Å². The van der Waals surface area contributed by atoms with Crippen LogP contribution in [0.5, 0.6) is 0 Å². The summed E-state index contributed by atoms with van der Waals surface area (Å²) >= 11 is 13.5. The number of H-pyrrole nitrogens is 1. The minimum Gasteiger partial charge on any atom is -0.461 e. The fourth-order valence-electron chi connectivity index (χ4n) is 1.50. The van der Waals surface area contributed by atoms with Crippen molar-refractivity contribution in [3.8, 4) is 0 Å². The van der Waals surface area contributed by atoms with Gasteiger partial charge < -0.3 is 4.74 Å². The number of esters is 1. The number of carbonyl (C=O) groups excluding carboxylic acids is 1. The van der Waals surface area contributed by atoms with Gasteiger partial charge in [0.15, 0.2) is 5.69 Å². The number of allylic oxidation sites excluding steroid dienone is 1. The van der Waals surface area contributed by atoms with E-state index in [2.05, 4.69) is 10.2 Å². The molecule has 1 aliphatic rings. The first-order chi connectivity index (χ1) is 8.13. The van der Waals surface area contributed by atoms with E-state index in [1.54, 1.807) is 6.92 Å².